The smallest absolute Gasteiger partial charge is 0.0450 e. The second kappa shape index (κ2) is 5.76. The number of thioether (sulfide) groups is 1. The summed E-state index contributed by atoms with van der Waals surface area (Å²) in [6.45, 7) is 9.50. The van der Waals surface area contributed by atoms with Gasteiger partial charge in [0.2, 0.25) is 0 Å². The van der Waals surface area contributed by atoms with Crippen LogP contribution in [0.25, 0.3) is 0 Å². The van der Waals surface area contributed by atoms with E-state index in [2.05, 4.69) is 62.6 Å². The quantitative estimate of drug-likeness (QED) is 0.535. The van der Waals surface area contributed by atoms with Crippen LogP contribution in [0.2, 0.25) is 25.7 Å². The molecule has 84 valence electrons. The van der Waals surface area contributed by atoms with Gasteiger partial charge >= 0.3 is 0 Å². The van der Waals surface area contributed by atoms with E-state index in [9.17, 15) is 0 Å². The van der Waals surface area contributed by atoms with E-state index in [0.29, 0.717) is 0 Å². The molecular formula is C13H22SSi. The zero-order valence-electron chi connectivity index (χ0n) is 10.3. The van der Waals surface area contributed by atoms with Crippen molar-refractivity contribution < 1.29 is 0 Å². The molecule has 0 unspecified atom stereocenters. The summed E-state index contributed by atoms with van der Waals surface area (Å²) in [4.78, 5) is 0. The molecule has 0 heterocycles. The maximum atomic E-state index is 2.44. The van der Waals surface area contributed by atoms with Crippen molar-refractivity contribution >= 4 is 19.8 Å². The lowest BCUT2D eigenvalue weighted by Crippen LogP contribution is -2.19. The molecule has 0 nitrogen and oxygen atoms in total. The summed E-state index contributed by atoms with van der Waals surface area (Å²) < 4.78 is 0. The van der Waals surface area contributed by atoms with E-state index in [4.69, 9.17) is 0 Å². The second-order valence-corrected chi connectivity index (χ2v) is 12.1. The first-order chi connectivity index (χ1) is 6.97. The van der Waals surface area contributed by atoms with Gasteiger partial charge in [-0.05, 0) is 24.3 Å². The molecule has 1 aromatic rings. The van der Waals surface area contributed by atoms with Crippen molar-refractivity contribution in [2.45, 2.75) is 38.4 Å². The van der Waals surface area contributed by atoms with Crippen LogP contribution in [-0.4, -0.2) is 13.8 Å². The monoisotopic (exact) mass is 238 g/mol. The molecule has 0 aliphatic carbocycles. The van der Waals surface area contributed by atoms with Crippen LogP contribution in [0.3, 0.4) is 0 Å². The number of hydrogen-bond acceptors (Lipinski definition) is 1. The molecule has 0 N–H and O–H groups in total. The van der Waals surface area contributed by atoms with E-state index < -0.39 is 8.07 Å². The third-order valence-corrected chi connectivity index (χ3v) is 5.49. The summed E-state index contributed by atoms with van der Waals surface area (Å²) in [5.74, 6) is 2.50. The number of hydrogen-bond donors (Lipinski definition) is 0. The number of benzene rings is 1. The fourth-order valence-corrected chi connectivity index (χ4v) is 4.96. The lowest BCUT2D eigenvalue weighted by molar-refractivity contribution is 1.33. The zero-order valence-corrected chi connectivity index (χ0v) is 12.2. The van der Waals surface area contributed by atoms with Crippen LogP contribution in [0.4, 0.5) is 0 Å². The van der Waals surface area contributed by atoms with Crippen molar-refractivity contribution in [2.75, 3.05) is 5.75 Å². The van der Waals surface area contributed by atoms with Crippen LogP contribution in [0.15, 0.2) is 24.3 Å². The SMILES string of the molecule is Cc1cccc(CSCC[Si](C)(C)C)c1. The van der Waals surface area contributed by atoms with Crippen molar-refractivity contribution in [3.63, 3.8) is 0 Å². The van der Waals surface area contributed by atoms with Crippen LogP contribution < -0.4 is 0 Å². The maximum Gasteiger partial charge on any atom is 0.0450 e. The third kappa shape index (κ3) is 6.05. The Hall–Kier alpha value is -0.213. The maximum absolute atomic E-state index is 2.44. The molecule has 0 bridgehead atoms. The lowest BCUT2D eigenvalue weighted by atomic mass is 10.2. The summed E-state index contributed by atoms with van der Waals surface area (Å²) >= 11 is 2.08. The van der Waals surface area contributed by atoms with Gasteiger partial charge in [0, 0.05) is 13.8 Å². The zero-order chi connectivity index (χ0) is 11.3. The van der Waals surface area contributed by atoms with Crippen LogP contribution in [-0.2, 0) is 5.75 Å². The van der Waals surface area contributed by atoms with Crippen LogP contribution in [0.5, 0.6) is 0 Å². The van der Waals surface area contributed by atoms with Gasteiger partial charge in [-0.1, -0.05) is 49.5 Å². The molecule has 0 saturated heterocycles. The van der Waals surface area contributed by atoms with Crippen molar-refractivity contribution in [2.24, 2.45) is 0 Å². The highest BCUT2D eigenvalue weighted by Gasteiger charge is 2.11. The Morgan fingerprint density at radius 2 is 1.93 bits per heavy atom. The Balaban J connectivity index is 2.26. The first-order valence-corrected chi connectivity index (χ1v) is 10.5. The minimum atomic E-state index is -0.827. The lowest BCUT2D eigenvalue weighted by Gasteiger charge is -2.14. The van der Waals surface area contributed by atoms with Crippen LogP contribution in [0, 0.1) is 6.92 Å². The third-order valence-electron chi connectivity index (χ3n) is 2.35. The predicted octanol–water partition coefficient (Wildman–Crippen LogP) is 4.57. The summed E-state index contributed by atoms with van der Waals surface area (Å²) in [7, 11) is -0.827. The number of rotatable bonds is 5. The molecule has 0 fully saturated rings. The normalized spacial score (nSPS) is 11.7. The Labute approximate surface area is 99.5 Å². The molecule has 0 saturated carbocycles. The van der Waals surface area contributed by atoms with Gasteiger partial charge in [0.1, 0.15) is 0 Å². The Kier molecular flexibility index (Phi) is 4.93. The fourth-order valence-electron chi connectivity index (χ4n) is 1.37. The highest BCUT2D eigenvalue weighted by atomic mass is 32.2. The molecule has 1 rings (SSSR count). The van der Waals surface area contributed by atoms with Gasteiger partial charge in [0.25, 0.3) is 0 Å². The molecule has 0 aliphatic rings. The van der Waals surface area contributed by atoms with Crippen molar-refractivity contribution in [1.82, 2.24) is 0 Å². The average molecular weight is 238 g/mol. The van der Waals surface area contributed by atoms with Crippen LogP contribution >= 0.6 is 11.8 Å². The van der Waals surface area contributed by atoms with E-state index >= 15 is 0 Å². The van der Waals surface area contributed by atoms with Gasteiger partial charge in [0.15, 0.2) is 0 Å². The Morgan fingerprint density at radius 1 is 1.20 bits per heavy atom. The fraction of sp³-hybridized carbons (Fsp3) is 0.538. The highest BCUT2D eigenvalue weighted by molar-refractivity contribution is 7.98. The van der Waals surface area contributed by atoms with E-state index in [1.165, 1.54) is 28.7 Å². The second-order valence-electron chi connectivity index (χ2n) is 5.35. The van der Waals surface area contributed by atoms with Gasteiger partial charge in [0.05, 0.1) is 0 Å². The molecule has 0 aromatic heterocycles. The molecule has 0 atom stereocenters. The van der Waals surface area contributed by atoms with Gasteiger partial charge in [-0.2, -0.15) is 11.8 Å². The van der Waals surface area contributed by atoms with E-state index in [1.807, 2.05) is 0 Å². The first kappa shape index (κ1) is 12.9. The molecule has 0 amide bonds. The molecule has 0 aliphatic heterocycles. The summed E-state index contributed by atoms with van der Waals surface area (Å²) in [5.41, 5.74) is 2.84. The Morgan fingerprint density at radius 3 is 2.53 bits per heavy atom. The first-order valence-electron chi connectivity index (χ1n) is 5.61. The molecule has 0 spiro atoms. The highest BCUT2D eigenvalue weighted by Crippen LogP contribution is 2.18. The van der Waals surface area contributed by atoms with Crippen LogP contribution in [0.1, 0.15) is 11.1 Å². The van der Waals surface area contributed by atoms with Gasteiger partial charge in [-0.3, -0.25) is 0 Å². The van der Waals surface area contributed by atoms with Gasteiger partial charge in [-0.25, -0.2) is 0 Å². The average Bonchev–Trinajstić information content (AvgIpc) is 2.11. The van der Waals surface area contributed by atoms with Gasteiger partial charge < -0.3 is 0 Å². The summed E-state index contributed by atoms with van der Waals surface area (Å²) in [6, 6.07) is 10.3. The minimum Gasteiger partial charge on any atom is -0.158 e. The largest absolute Gasteiger partial charge is 0.158 e. The van der Waals surface area contributed by atoms with Crippen molar-refractivity contribution in [3.05, 3.63) is 35.4 Å². The molecular weight excluding hydrogens is 216 g/mol. The predicted molar refractivity (Wildman–Crippen MR) is 75.5 cm³/mol. The molecule has 15 heavy (non-hydrogen) atoms. The summed E-state index contributed by atoms with van der Waals surface area (Å²) in [5, 5.41) is 0. The number of aryl methyl sites for hydroxylation is 1. The molecule has 1 aromatic carbocycles. The standard InChI is InChI=1S/C13H22SSi/c1-12-6-5-7-13(10-12)11-14-8-9-15(2,3)4/h5-7,10H,8-9,11H2,1-4H3. The summed E-state index contributed by atoms with van der Waals surface area (Å²) in [6.07, 6.45) is 0. The minimum absolute atomic E-state index is 0.827. The van der Waals surface area contributed by atoms with E-state index in [0.717, 1.165) is 0 Å². The Bertz CT molecular complexity index is 302. The topological polar surface area (TPSA) is 0 Å². The molecule has 0 radical (unpaired) electrons. The van der Waals surface area contributed by atoms with Crippen molar-refractivity contribution in [1.29, 1.82) is 0 Å². The van der Waals surface area contributed by atoms with E-state index in [1.54, 1.807) is 0 Å². The molecule has 2 heteroatoms. The van der Waals surface area contributed by atoms with Crippen molar-refractivity contribution in [3.8, 4) is 0 Å². The van der Waals surface area contributed by atoms with Gasteiger partial charge in [-0.15, -0.1) is 0 Å². The van der Waals surface area contributed by atoms with E-state index in [-0.39, 0.29) is 0 Å².